The fourth-order valence-corrected chi connectivity index (χ4v) is 3.16. The maximum Gasteiger partial charge on any atom is 0.254 e. The van der Waals surface area contributed by atoms with Crippen LogP contribution in [0.4, 0.5) is 11.4 Å². The van der Waals surface area contributed by atoms with Gasteiger partial charge >= 0.3 is 0 Å². The molecule has 0 unspecified atom stereocenters. The van der Waals surface area contributed by atoms with Gasteiger partial charge in [-0.05, 0) is 43.3 Å². The first-order valence-corrected chi connectivity index (χ1v) is 9.08. The average Bonchev–Trinajstić information content (AvgIpc) is 2.68. The molecule has 0 spiro atoms. The van der Waals surface area contributed by atoms with Gasteiger partial charge in [0.1, 0.15) is 6.54 Å². The number of nitrogens with zero attached hydrogens (tertiary/aromatic N) is 3. The molecule has 1 fully saturated rings. The molecule has 2 amide bonds. The second-order valence-corrected chi connectivity index (χ2v) is 6.80. The molecule has 2 aromatic rings. The summed E-state index contributed by atoms with van der Waals surface area (Å²) in [7, 11) is 1.88. The van der Waals surface area contributed by atoms with E-state index in [2.05, 4.69) is 0 Å². The van der Waals surface area contributed by atoms with Crippen LogP contribution in [0.1, 0.15) is 15.9 Å². The fourth-order valence-electron chi connectivity index (χ4n) is 3.16. The lowest BCUT2D eigenvalue weighted by Crippen LogP contribution is -2.52. The Bertz CT molecular complexity index is 802. The molecule has 1 heterocycles. The molecule has 0 aromatic heterocycles. The lowest BCUT2D eigenvalue weighted by atomic mass is 10.1. The molecule has 0 bridgehead atoms. The number of anilines is 2. The Morgan fingerprint density at radius 1 is 1.07 bits per heavy atom. The van der Waals surface area contributed by atoms with Crippen molar-refractivity contribution in [1.82, 2.24) is 4.90 Å². The van der Waals surface area contributed by atoms with Gasteiger partial charge in [0, 0.05) is 43.6 Å². The number of aliphatic hydroxyl groups is 1. The first-order chi connectivity index (χ1) is 13.0. The standard InChI is InChI=1S/C21H25N3O3/c1-16-3-7-19(8-4-16)24-12-11-23(15-20(24)26)21(27)17-5-9-18(10-6-17)22(2)13-14-25/h3-10,25H,11-15H2,1-2H3. The lowest BCUT2D eigenvalue weighted by molar-refractivity contribution is -0.120. The molecule has 0 aliphatic carbocycles. The van der Waals surface area contributed by atoms with Crippen LogP contribution >= 0.6 is 0 Å². The third kappa shape index (κ3) is 4.28. The van der Waals surface area contributed by atoms with Crippen molar-refractivity contribution in [3.63, 3.8) is 0 Å². The highest BCUT2D eigenvalue weighted by Crippen LogP contribution is 2.20. The highest BCUT2D eigenvalue weighted by atomic mass is 16.3. The van der Waals surface area contributed by atoms with E-state index in [-0.39, 0.29) is 25.0 Å². The van der Waals surface area contributed by atoms with Crippen LogP contribution in [0, 0.1) is 6.92 Å². The number of carbonyl (C=O) groups is 2. The zero-order chi connectivity index (χ0) is 19.4. The number of rotatable bonds is 5. The number of hydrogen-bond donors (Lipinski definition) is 1. The second kappa shape index (κ2) is 8.22. The second-order valence-electron chi connectivity index (χ2n) is 6.80. The van der Waals surface area contributed by atoms with Gasteiger partial charge in [-0.1, -0.05) is 17.7 Å². The van der Waals surface area contributed by atoms with Crippen molar-refractivity contribution >= 4 is 23.2 Å². The van der Waals surface area contributed by atoms with Crippen LogP contribution in [0.15, 0.2) is 48.5 Å². The first-order valence-electron chi connectivity index (χ1n) is 9.08. The highest BCUT2D eigenvalue weighted by molar-refractivity contribution is 6.01. The molecular weight excluding hydrogens is 342 g/mol. The maximum absolute atomic E-state index is 12.7. The Morgan fingerprint density at radius 3 is 2.33 bits per heavy atom. The SMILES string of the molecule is Cc1ccc(N2CCN(C(=O)c3ccc(N(C)CCO)cc3)CC2=O)cc1. The summed E-state index contributed by atoms with van der Waals surface area (Å²) in [4.78, 5) is 30.5. The Morgan fingerprint density at radius 2 is 1.74 bits per heavy atom. The summed E-state index contributed by atoms with van der Waals surface area (Å²) in [5, 5.41) is 9.01. The van der Waals surface area contributed by atoms with Crippen molar-refractivity contribution < 1.29 is 14.7 Å². The van der Waals surface area contributed by atoms with Crippen LogP contribution in [0.3, 0.4) is 0 Å². The fraction of sp³-hybridized carbons (Fsp3) is 0.333. The summed E-state index contributed by atoms with van der Waals surface area (Å²) < 4.78 is 0. The molecule has 6 heteroatoms. The first kappa shape index (κ1) is 18.9. The predicted octanol–water partition coefficient (Wildman–Crippen LogP) is 1.91. The van der Waals surface area contributed by atoms with E-state index in [0.717, 1.165) is 16.9 Å². The minimum atomic E-state index is -0.136. The van der Waals surface area contributed by atoms with Crippen LogP contribution in [0.5, 0.6) is 0 Å². The largest absolute Gasteiger partial charge is 0.395 e. The van der Waals surface area contributed by atoms with E-state index in [9.17, 15) is 9.59 Å². The molecule has 0 saturated carbocycles. The Balaban J connectivity index is 1.65. The summed E-state index contributed by atoms with van der Waals surface area (Å²) in [6, 6.07) is 15.1. The molecule has 27 heavy (non-hydrogen) atoms. The normalized spacial score (nSPS) is 14.4. The molecule has 0 atom stereocenters. The van der Waals surface area contributed by atoms with Gasteiger partial charge < -0.3 is 19.8 Å². The molecule has 1 saturated heterocycles. The number of aliphatic hydroxyl groups excluding tert-OH is 1. The Hall–Kier alpha value is -2.86. The number of likely N-dealkylation sites (N-methyl/N-ethyl adjacent to an activating group) is 1. The van der Waals surface area contributed by atoms with E-state index in [4.69, 9.17) is 5.11 Å². The van der Waals surface area contributed by atoms with Crippen LogP contribution < -0.4 is 9.80 Å². The third-order valence-electron chi connectivity index (χ3n) is 4.84. The third-order valence-corrected chi connectivity index (χ3v) is 4.84. The van der Waals surface area contributed by atoms with E-state index in [1.54, 1.807) is 21.9 Å². The van der Waals surface area contributed by atoms with Gasteiger partial charge in [-0.2, -0.15) is 0 Å². The van der Waals surface area contributed by atoms with E-state index >= 15 is 0 Å². The predicted molar refractivity (Wildman–Crippen MR) is 106 cm³/mol. The van der Waals surface area contributed by atoms with Gasteiger partial charge in [0.25, 0.3) is 5.91 Å². The molecule has 0 radical (unpaired) electrons. The average molecular weight is 367 g/mol. The zero-order valence-corrected chi connectivity index (χ0v) is 15.8. The molecule has 3 rings (SSSR count). The number of aryl methyl sites for hydroxylation is 1. The van der Waals surface area contributed by atoms with Gasteiger partial charge in [-0.25, -0.2) is 0 Å². The lowest BCUT2D eigenvalue weighted by Gasteiger charge is -2.34. The van der Waals surface area contributed by atoms with Gasteiger partial charge in [-0.3, -0.25) is 9.59 Å². The van der Waals surface area contributed by atoms with Crippen LogP contribution in [0.2, 0.25) is 0 Å². The quantitative estimate of drug-likeness (QED) is 0.877. The molecule has 6 nitrogen and oxygen atoms in total. The van der Waals surface area contributed by atoms with Crippen LogP contribution in [-0.4, -0.2) is 61.7 Å². The Labute approximate surface area is 159 Å². The van der Waals surface area contributed by atoms with Crippen LogP contribution in [0.25, 0.3) is 0 Å². The number of amides is 2. The summed E-state index contributed by atoms with van der Waals surface area (Å²) >= 11 is 0. The van der Waals surface area contributed by atoms with E-state index in [1.165, 1.54) is 0 Å². The summed E-state index contributed by atoms with van der Waals surface area (Å²) in [6.07, 6.45) is 0. The molecule has 1 aliphatic heterocycles. The monoisotopic (exact) mass is 367 g/mol. The Kier molecular flexibility index (Phi) is 5.76. The summed E-state index contributed by atoms with van der Waals surface area (Å²) in [5.74, 6) is -0.207. The van der Waals surface area contributed by atoms with Gasteiger partial charge in [0.05, 0.1) is 6.61 Å². The van der Waals surface area contributed by atoms with Crippen molar-refractivity contribution in [1.29, 1.82) is 0 Å². The summed E-state index contributed by atoms with van der Waals surface area (Å²) in [5.41, 5.74) is 3.51. The van der Waals surface area contributed by atoms with Gasteiger partial charge in [0.15, 0.2) is 0 Å². The number of carbonyl (C=O) groups excluding carboxylic acids is 2. The van der Waals surface area contributed by atoms with Crippen molar-refractivity contribution in [2.45, 2.75) is 6.92 Å². The van der Waals surface area contributed by atoms with E-state index < -0.39 is 0 Å². The van der Waals surface area contributed by atoms with Crippen molar-refractivity contribution in [2.24, 2.45) is 0 Å². The van der Waals surface area contributed by atoms with Crippen molar-refractivity contribution in [2.75, 3.05) is 49.6 Å². The smallest absolute Gasteiger partial charge is 0.254 e. The minimum absolute atomic E-state index is 0.0715. The number of piperazine rings is 1. The topological polar surface area (TPSA) is 64.1 Å². The van der Waals surface area contributed by atoms with Crippen molar-refractivity contribution in [3.05, 3.63) is 59.7 Å². The molecular formula is C21H25N3O3. The van der Waals surface area contributed by atoms with E-state index in [1.807, 2.05) is 55.3 Å². The molecule has 1 N–H and O–H groups in total. The van der Waals surface area contributed by atoms with Gasteiger partial charge in [0.2, 0.25) is 5.91 Å². The van der Waals surface area contributed by atoms with Gasteiger partial charge in [-0.15, -0.1) is 0 Å². The zero-order valence-electron chi connectivity index (χ0n) is 15.8. The highest BCUT2D eigenvalue weighted by Gasteiger charge is 2.28. The maximum atomic E-state index is 12.7. The number of benzene rings is 2. The molecule has 2 aromatic carbocycles. The van der Waals surface area contributed by atoms with E-state index in [0.29, 0.717) is 25.2 Å². The summed E-state index contributed by atoms with van der Waals surface area (Å²) in [6.45, 7) is 3.69. The number of hydrogen-bond acceptors (Lipinski definition) is 4. The minimum Gasteiger partial charge on any atom is -0.395 e. The van der Waals surface area contributed by atoms with Crippen LogP contribution in [-0.2, 0) is 4.79 Å². The molecule has 142 valence electrons. The van der Waals surface area contributed by atoms with Crippen molar-refractivity contribution in [3.8, 4) is 0 Å². The molecule has 1 aliphatic rings.